The number of aryl methyl sites for hydroxylation is 1. The second kappa shape index (κ2) is 9.06. The van der Waals surface area contributed by atoms with Crippen molar-refractivity contribution >= 4 is 0 Å². The van der Waals surface area contributed by atoms with Gasteiger partial charge in [0, 0.05) is 0 Å². The van der Waals surface area contributed by atoms with E-state index in [-0.39, 0.29) is 0 Å². The van der Waals surface area contributed by atoms with Gasteiger partial charge in [0.05, 0.1) is 13.1 Å². The maximum atomic E-state index is 5.46. The molecule has 1 saturated carbocycles. The van der Waals surface area contributed by atoms with E-state index in [0.717, 1.165) is 18.9 Å². The van der Waals surface area contributed by atoms with E-state index in [0.29, 0.717) is 12.4 Å². The first kappa shape index (κ1) is 15.4. The summed E-state index contributed by atoms with van der Waals surface area (Å²) in [7, 11) is 0. The first-order valence-electron chi connectivity index (χ1n) is 8.35. The van der Waals surface area contributed by atoms with Crippen LogP contribution in [0, 0.1) is 5.92 Å². The Labute approximate surface area is 122 Å². The standard InChI is InChI=1S/C15H29N5/c16-13-15-17-19-20(18-15)12-8-3-1-2-5-9-14-10-6-4-7-11-14/h14H,1-13,16H2. The van der Waals surface area contributed by atoms with Crippen LogP contribution >= 0.6 is 0 Å². The molecular weight excluding hydrogens is 250 g/mol. The van der Waals surface area contributed by atoms with Gasteiger partial charge in [-0.1, -0.05) is 64.2 Å². The zero-order valence-electron chi connectivity index (χ0n) is 12.6. The van der Waals surface area contributed by atoms with Gasteiger partial charge in [-0.3, -0.25) is 0 Å². The number of hydrogen-bond acceptors (Lipinski definition) is 4. The Kier molecular flexibility index (Phi) is 6.98. The second-order valence-corrected chi connectivity index (χ2v) is 6.07. The van der Waals surface area contributed by atoms with E-state index in [1.54, 1.807) is 4.80 Å². The fraction of sp³-hybridized carbons (Fsp3) is 0.933. The fourth-order valence-corrected chi connectivity index (χ4v) is 3.15. The van der Waals surface area contributed by atoms with Gasteiger partial charge in [-0.05, 0) is 17.6 Å². The van der Waals surface area contributed by atoms with E-state index in [2.05, 4.69) is 15.4 Å². The summed E-state index contributed by atoms with van der Waals surface area (Å²) in [5, 5.41) is 12.0. The highest BCUT2D eigenvalue weighted by atomic mass is 15.6. The number of nitrogens with two attached hydrogens (primary N) is 1. The third-order valence-corrected chi connectivity index (χ3v) is 4.37. The highest BCUT2D eigenvalue weighted by Crippen LogP contribution is 2.28. The average Bonchev–Trinajstić information content (AvgIpc) is 2.95. The van der Waals surface area contributed by atoms with Crippen molar-refractivity contribution in [1.82, 2.24) is 20.2 Å². The molecule has 0 aromatic carbocycles. The monoisotopic (exact) mass is 279 g/mol. The molecular formula is C15H29N5. The van der Waals surface area contributed by atoms with Gasteiger partial charge in [0.2, 0.25) is 0 Å². The lowest BCUT2D eigenvalue weighted by Gasteiger charge is -2.21. The fourth-order valence-electron chi connectivity index (χ4n) is 3.15. The topological polar surface area (TPSA) is 69.6 Å². The van der Waals surface area contributed by atoms with Crippen molar-refractivity contribution < 1.29 is 0 Å². The maximum Gasteiger partial charge on any atom is 0.188 e. The first-order chi connectivity index (χ1) is 9.88. The Morgan fingerprint density at radius 2 is 1.75 bits per heavy atom. The quantitative estimate of drug-likeness (QED) is 0.705. The molecule has 0 unspecified atom stereocenters. The molecule has 1 aromatic heterocycles. The second-order valence-electron chi connectivity index (χ2n) is 6.07. The maximum absolute atomic E-state index is 5.46. The Balaban J connectivity index is 1.43. The van der Waals surface area contributed by atoms with Crippen molar-refractivity contribution in [3.63, 3.8) is 0 Å². The van der Waals surface area contributed by atoms with Crippen LogP contribution < -0.4 is 5.73 Å². The molecule has 5 nitrogen and oxygen atoms in total. The highest BCUT2D eigenvalue weighted by Gasteiger charge is 2.12. The number of hydrogen-bond donors (Lipinski definition) is 1. The van der Waals surface area contributed by atoms with Crippen molar-refractivity contribution in [3.05, 3.63) is 5.82 Å². The molecule has 1 aliphatic carbocycles. The van der Waals surface area contributed by atoms with E-state index in [1.807, 2.05) is 0 Å². The highest BCUT2D eigenvalue weighted by molar-refractivity contribution is 4.72. The summed E-state index contributed by atoms with van der Waals surface area (Å²) in [6.45, 7) is 1.25. The zero-order valence-corrected chi connectivity index (χ0v) is 12.6. The largest absolute Gasteiger partial charge is 0.324 e. The predicted molar refractivity (Wildman–Crippen MR) is 80.0 cm³/mol. The molecule has 114 valence electrons. The molecule has 1 aromatic rings. The van der Waals surface area contributed by atoms with Gasteiger partial charge < -0.3 is 5.73 Å². The molecule has 0 amide bonds. The molecule has 0 radical (unpaired) electrons. The molecule has 2 rings (SSSR count). The van der Waals surface area contributed by atoms with Gasteiger partial charge in [0.1, 0.15) is 0 Å². The summed E-state index contributed by atoms with van der Waals surface area (Å²) in [5.41, 5.74) is 5.46. The molecule has 0 spiro atoms. The normalized spacial score (nSPS) is 16.6. The minimum atomic E-state index is 0.376. The Hall–Kier alpha value is -0.970. The van der Waals surface area contributed by atoms with Crippen molar-refractivity contribution in [1.29, 1.82) is 0 Å². The molecule has 0 saturated heterocycles. The number of rotatable bonds is 9. The van der Waals surface area contributed by atoms with Crippen molar-refractivity contribution in [3.8, 4) is 0 Å². The van der Waals surface area contributed by atoms with Gasteiger partial charge in [-0.15, -0.1) is 10.2 Å². The minimum Gasteiger partial charge on any atom is -0.324 e. The van der Waals surface area contributed by atoms with E-state index in [9.17, 15) is 0 Å². The van der Waals surface area contributed by atoms with Crippen LogP contribution in [0.5, 0.6) is 0 Å². The lowest BCUT2D eigenvalue weighted by atomic mass is 9.85. The van der Waals surface area contributed by atoms with E-state index >= 15 is 0 Å². The van der Waals surface area contributed by atoms with Gasteiger partial charge in [-0.2, -0.15) is 4.80 Å². The van der Waals surface area contributed by atoms with Crippen LogP contribution in [0.15, 0.2) is 0 Å². The lowest BCUT2D eigenvalue weighted by Crippen LogP contribution is -2.06. The lowest BCUT2D eigenvalue weighted by molar-refractivity contribution is 0.327. The zero-order chi connectivity index (χ0) is 14.0. The summed E-state index contributed by atoms with van der Waals surface area (Å²) in [6, 6.07) is 0. The molecule has 0 atom stereocenters. The number of aromatic nitrogens is 4. The summed E-state index contributed by atoms with van der Waals surface area (Å²) in [4.78, 5) is 1.67. The predicted octanol–water partition coefficient (Wildman–Crippen LogP) is 3.05. The average molecular weight is 279 g/mol. The van der Waals surface area contributed by atoms with Crippen molar-refractivity contribution in [2.24, 2.45) is 11.7 Å². The molecule has 1 heterocycles. The number of tetrazole rings is 1. The Morgan fingerprint density at radius 3 is 2.50 bits per heavy atom. The number of unbranched alkanes of at least 4 members (excludes halogenated alkanes) is 4. The van der Waals surface area contributed by atoms with E-state index < -0.39 is 0 Å². The summed E-state index contributed by atoms with van der Waals surface area (Å²) in [5.74, 6) is 1.68. The Bertz CT molecular complexity index is 357. The third kappa shape index (κ3) is 5.57. The van der Waals surface area contributed by atoms with Gasteiger partial charge >= 0.3 is 0 Å². The summed E-state index contributed by atoms with van der Waals surface area (Å²) >= 11 is 0. The van der Waals surface area contributed by atoms with Crippen LogP contribution in [-0.4, -0.2) is 20.2 Å². The molecule has 0 bridgehead atoms. The first-order valence-corrected chi connectivity index (χ1v) is 8.35. The van der Waals surface area contributed by atoms with Gasteiger partial charge in [0.25, 0.3) is 0 Å². The van der Waals surface area contributed by atoms with Crippen LogP contribution in [0.1, 0.15) is 76.5 Å². The van der Waals surface area contributed by atoms with Crippen LogP contribution in [0.3, 0.4) is 0 Å². The van der Waals surface area contributed by atoms with Gasteiger partial charge in [0.15, 0.2) is 5.82 Å². The molecule has 0 aliphatic heterocycles. The van der Waals surface area contributed by atoms with Crippen LogP contribution in [0.2, 0.25) is 0 Å². The third-order valence-electron chi connectivity index (χ3n) is 4.37. The molecule has 20 heavy (non-hydrogen) atoms. The van der Waals surface area contributed by atoms with Gasteiger partial charge in [-0.25, -0.2) is 0 Å². The van der Waals surface area contributed by atoms with Crippen LogP contribution in [0.4, 0.5) is 0 Å². The molecule has 1 aliphatic rings. The SMILES string of the molecule is NCc1nnn(CCCCCCCC2CCCCC2)n1. The van der Waals surface area contributed by atoms with Crippen LogP contribution in [0.25, 0.3) is 0 Å². The van der Waals surface area contributed by atoms with E-state index in [1.165, 1.54) is 64.2 Å². The molecule has 5 heteroatoms. The Morgan fingerprint density at radius 1 is 1.00 bits per heavy atom. The van der Waals surface area contributed by atoms with Crippen LogP contribution in [-0.2, 0) is 13.1 Å². The summed E-state index contributed by atoms with van der Waals surface area (Å²) < 4.78 is 0. The molecule has 1 fully saturated rings. The molecule has 2 N–H and O–H groups in total. The van der Waals surface area contributed by atoms with Crippen molar-refractivity contribution in [2.75, 3.05) is 0 Å². The minimum absolute atomic E-state index is 0.376. The van der Waals surface area contributed by atoms with Crippen molar-refractivity contribution in [2.45, 2.75) is 83.7 Å². The smallest absolute Gasteiger partial charge is 0.188 e. The summed E-state index contributed by atoms with van der Waals surface area (Å²) in [6.07, 6.45) is 15.4. The van der Waals surface area contributed by atoms with E-state index in [4.69, 9.17) is 5.73 Å². The number of nitrogens with zero attached hydrogens (tertiary/aromatic N) is 4.